The van der Waals surface area contributed by atoms with E-state index in [0.717, 1.165) is 5.56 Å². The standard InChI is InChI=1S/C26H17ClN2O6/c1-13-11-18(30)23(31)24(34-13)22-21(14-5-3-2-4-6-14)28-25(29-22)20-10-9-19(35-20)16-12-15(26(32)33)7-8-17(16)27/h2-12,31H,1H3,(H,28,29)(H,32,33). The number of imidazole rings is 1. The van der Waals surface area contributed by atoms with Crippen molar-refractivity contribution in [2.45, 2.75) is 6.92 Å². The minimum Gasteiger partial charge on any atom is -0.501 e. The van der Waals surface area contributed by atoms with Gasteiger partial charge >= 0.3 is 5.97 Å². The molecule has 0 amide bonds. The maximum Gasteiger partial charge on any atom is 0.335 e. The van der Waals surface area contributed by atoms with Crippen LogP contribution in [-0.2, 0) is 0 Å². The molecule has 0 saturated heterocycles. The van der Waals surface area contributed by atoms with Crippen molar-refractivity contribution in [2.24, 2.45) is 0 Å². The van der Waals surface area contributed by atoms with Gasteiger partial charge < -0.3 is 24.0 Å². The molecule has 0 aliphatic heterocycles. The number of carboxylic acid groups (broad SMARTS) is 1. The number of aromatic nitrogens is 2. The maximum atomic E-state index is 12.2. The van der Waals surface area contributed by atoms with Crippen LogP contribution < -0.4 is 5.43 Å². The zero-order valence-electron chi connectivity index (χ0n) is 18.2. The molecular weight excluding hydrogens is 472 g/mol. The first-order valence-corrected chi connectivity index (χ1v) is 10.8. The van der Waals surface area contributed by atoms with Gasteiger partial charge in [-0.2, -0.15) is 0 Å². The van der Waals surface area contributed by atoms with Crippen molar-refractivity contribution in [1.29, 1.82) is 0 Å². The van der Waals surface area contributed by atoms with Crippen LogP contribution in [-0.4, -0.2) is 26.2 Å². The van der Waals surface area contributed by atoms with Crippen LogP contribution in [0.1, 0.15) is 16.1 Å². The van der Waals surface area contributed by atoms with Crippen molar-refractivity contribution < 1.29 is 23.8 Å². The summed E-state index contributed by atoms with van der Waals surface area (Å²) in [6.07, 6.45) is 0. The number of hydrogen-bond acceptors (Lipinski definition) is 6. The molecule has 8 nitrogen and oxygen atoms in total. The molecule has 0 spiro atoms. The molecule has 0 radical (unpaired) electrons. The summed E-state index contributed by atoms with van der Waals surface area (Å²) < 4.78 is 11.7. The van der Waals surface area contributed by atoms with E-state index in [-0.39, 0.29) is 11.3 Å². The molecule has 9 heteroatoms. The van der Waals surface area contributed by atoms with Crippen LogP contribution in [0, 0.1) is 6.92 Å². The summed E-state index contributed by atoms with van der Waals surface area (Å²) >= 11 is 6.28. The molecule has 5 rings (SSSR count). The molecule has 0 aliphatic rings. The molecule has 0 unspecified atom stereocenters. The Hall–Kier alpha value is -4.56. The summed E-state index contributed by atoms with van der Waals surface area (Å²) in [7, 11) is 0. The van der Waals surface area contributed by atoms with Crippen LogP contribution in [0.2, 0.25) is 5.02 Å². The third-order valence-corrected chi connectivity index (χ3v) is 5.67. The Bertz CT molecular complexity index is 1630. The monoisotopic (exact) mass is 488 g/mol. The van der Waals surface area contributed by atoms with Crippen LogP contribution in [0.15, 0.2) is 80.4 Å². The van der Waals surface area contributed by atoms with E-state index >= 15 is 0 Å². The van der Waals surface area contributed by atoms with E-state index in [1.165, 1.54) is 24.3 Å². The van der Waals surface area contributed by atoms with E-state index in [1.54, 1.807) is 19.1 Å². The van der Waals surface area contributed by atoms with Gasteiger partial charge in [-0.25, -0.2) is 9.78 Å². The summed E-state index contributed by atoms with van der Waals surface area (Å²) in [5.74, 6) is -0.369. The highest BCUT2D eigenvalue weighted by Crippen LogP contribution is 2.38. The first kappa shape index (κ1) is 22.2. The van der Waals surface area contributed by atoms with Crippen molar-refractivity contribution in [2.75, 3.05) is 0 Å². The van der Waals surface area contributed by atoms with E-state index in [9.17, 15) is 19.8 Å². The highest BCUT2D eigenvalue weighted by molar-refractivity contribution is 6.33. The zero-order valence-corrected chi connectivity index (χ0v) is 19.0. The Labute approximate surface area is 203 Å². The van der Waals surface area contributed by atoms with Gasteiger partial charge in [-0.3, -0.25) is 4.79 Å². The van der Waals surface area contributed by atoms with E-state index < -0.39 is 17.1 Å². The van der Waals surface area contributed by atoms with Gasteiger partial charge in [-0.15, -0.1) is 0 Å². The van der Waals surface area contributed by atoms with Crippen molar-refractivity contribution >= 4 is 17.6 Å². The van der Waals surface area contributed by atoms with E-state index in [2.05, 4.69) is 9.97 Å². The highest BCUT2D eigenvalue weighted by atomic mass is 35.5. The van der Waals surface area contributed by atoms with Gasteiger partial charge in [0.1, 0.15) is 22.9 Å². The Balaban J connectivity index is 1.66. The van der Waals surface area contributed by atoms with Crippen molar-refractivity contribution in [3.05, 3.63) is 93.3 Å². The van der Waals surface area contributed by atoms with E-state index in [4.69, 9.17) is 20.4 Å². The summed E-state index contributed by atoms with van der Waals surface area (Å²) in [6.45, 7) is 1.61. The Morgan fingerprint density at radius 1 is 1.00 bits per heavy atom. The van der Waals surface area contributed by atoms with Crippen LogP contribution in [0.3, 0.4) is 0 Å². The fraction of sp³-hybridized carbons (Fsp3) is 0.0385. The maximum absolute atomic E-state index is 12.2. The van der Waals surface area contributed by atoms with Gasteiger partial charge in [0.25, 0.3) is 0 Å². The lowest BCUT2D eigenvalue weighted by Crippen LogP contribution is -2.01. The summed E-state index contributed by atoms with van der Waals surface area (Å²) in [5.41, 5.74) is 1.36. The predicted octanol–water partition coefficient (Wildman–Crippen LogP) is 5.99. The number of aromatic hydroxyl groups is 1. The number of halogens is 1. The topological polar surface area (TPSA) is 130 Å². The molecule has 0 saturated carbocycles. The minimum atomic E-state index is -1.09. The van der Waals surface area contributed by atoms with Crippen LogP contribution in [0.4, 0.5) is 0 Å². The number of carboxylic acids is 1. The number of aromatic carboxylic acids is 1. The molecule has 0 aliphatic carbocycles. The molecule has 3 aromatic heterocycles. The molecule has 3 heterocycles. The molecule has 0 atom stereocenters. The number of nitrogens with one attached hydrogen (secondary N) is 1. The van der Waals surface area contributed by atoms with Crippen LogP contribution >= 0.6 is 11.6 Å². The van der Waals surface area contributed by atoms with Gasteiger partial charge in [0, 0.05) is 17.2 Å². The second-order valence-electron chi connectivity index (χ2n) is 7.74. The average molecular weight is 489 g/mol. The number of nitrogens with zero attached hydrogens (tertiary/aromatic N) is 1. The van der Waals surface area contributed by atoms with Crippen LogP contribution in [0.5, 0.6) is 5.75 Å². The van der Waals surface area contributed by atoms with Crippen LogP contribution in [0.25, 0.3) is 45.6 Å². The third-order valence-electron chi connectivity index (χ3n) is 5.34. The average Bonchev–Trinajstić information content (AvgIpc) is 3.50. The lowest BCUT2D eigenvalue weighted by Gasteiger charge is -2.05. The first-order chi connectivity index (χ1) is 16.8. The smallest absolute Gasteiger partial charge is 0.335 e. The number of aromatic amines is 1. The Morgan fingerprint density at radius 3 is 2.49 bits per heavy atom. The van der Waals surface area contributed by atoms with Gasteiger partial charge in [0.05, 0.1) is 10.6 Å². The van der Waals surface area contributed by atoms with Gasteiger partial charge in [0.2, 0.25) is 11.2 Å². The molecule has 174 valence electrons. The summed E-state index contributed by atoms with van der Waals surface area (Å²) in [6, 6.07) is 18.0. The van der Waals surface area contributed by atoms with Crippen molar-refractivity contribution in [3.8, 4) is 51.4 Å². The number of hydrogen-bond donors (Lipinski definition) is 3. The third kappa shape index (κ3) is 4.11. The number of benzene rings is 2. The summed E-state index contributed by atoms with van der Waals surface area (Å²) in [5, 5.41) is 20.1. The molecule has 2 aromatic carbocycles. The SMILES string of the molecule is Cc1cc(=O)c(O)c(-c2[nH]c(-c3ccc(-c4cc(C(=O)O)ccc4Cl)o3)nc2-c2ccccc2)o1. The predicted molar refractivity (Wildman–Crippen MR) is 130 cm³/mol. The van der Waals surface area contributed by atoms with Gasteiger partial charge in [-0.1, -0.05) is 41.9 Å². The normalized spacial score (nSPS) is 11.0. The fourth-order valence-corrected chi connectivity index (χ4v) is 3.90. The van der Waals surface area contributed by atoms with Crippen molar-refractivity contribution in [1.82, 2.24) is 9.97 Å². The minimum absolute atomic E-state index is 0.0448. The number of furan rings is 1. The first-order valence-electron chi connectivity index (χ1n) is 10.4. The van der Waals surface area contributed by atoms with E-state index in [1.807, 2.05) is 30.3 Å². The Morgan fingerprint density at radius 2 is 1.74 bits per heavy atom. The van der Waals surface area contributed by atoms with Gasteiger partial charge in [0.15, 0.2) is 17.3 Å². The second-order valence-corrected chi connectivity index (χ2v) is 8.14. The fourth-order valence-electron chi connectivity index (χ4n) is 3.69. The zero-order chi connectivity index (χ0) is 24.7. The second kappa shape index (κ2) is 8.66. The number of H-pyrrole nitrogens is 1. The van der Waals surface area contributed by atoms with Crippen molar-refractivity contribution in [3.63, 3.8) is 0 Å². The van der Waals surface area contributed by atoms with E-state index in [0.29, 0.717) is 45.1 Å². The molecule has 35 heavy (non-hydrogen) atoms. The number of aryl methyl sites for hydroxylation is 1. The molecule has 0 bridgehead atoms. The number of carbonyl (C=O) groups is 1. The van der Waals surface area contributed by atoms with Gasteiger partial charge in [-0.05, 0) is 37.3 Å². The molecule has 5 aromatic rings. The largest absolute Gasteiger partial charge is 0.501 e. The molecule has 3 N–H and O–H groups in total. The molecular formula is C26H17ClN2O6. The lowest BCUT2D eigenvalue weighted by atomic mass is 10.1. The lowest BCUT2D eigenvalue weighted by molar-refractivity contribution is 0.0697. The Kier molecular flexibility index (Phi) is 5.50. The highest BCUT2D eigenvalue weighted by Gasteiger charge is 2.23. The summed E-state index contributed by atoms with van der Waals surface area (Å²) in [4.78, 5) is 31.3. The quantitative estimate of drug-likeness (QED) is 0.277. The molecule has 0 fully saturated rings. The number of rotatable bonds is 5.